The molecule has 2 amide bonds. The maximum atomic E-state index is 12.9. The molecule has 10 heteroatoms. The summed E-state index contributed by atoms with van der Waals surface area (Å²) < 4.78 is 10.7. The Labute approximate surface area is 194 Å². The van der Waals surface area contributed by atoms with Gasteiger partial charge in [-0.2, -0.15) is 0 Å². The number of nitrogens with one attached hydrogen (secondary N) is 1. The summed E-state index contributed by atoms with van der Waals surface area (Å²) in [6, 6.07) is 12.0. The quantitative estimate of drug-likeness (QED) is 0.591. The Morgan fingerprint density at radius 2 is 1.70 bits per heavy atom. The number of rotatable bonds is 4. The highest BCUT2D eigenvalue weighted by Gasteiger charge is 2.26. The van der Waals surface area contributed by atoms with Gasteiger partial charge in [0.15, 0.2) is 17.3 Å². The lowest BCUT2D eigenvalue weighted by Gasteiger charge is -2.36. The number of fused-ring (bicyclic) bond motifs is 1. The van der Waals surface area contributed by atoms with Crippen LogP contribution in [0.25, 0.3) is 0 Å². The first-order chi connectivity index (χ1) is 16.1. The highest BCUT2D eigenvalue weighted by atomic mass is 35.5. The number of ether oxygens (including phenoxy) is 2. The van der Waals surface area contributed by atoms with Crippen LogP contribution in [0.5, 0.6) is 11.5 Å². The van der Waals surface area contributed by atoms with Gasteiger partial charge in [0.2, 0.25) is 6.79 Å². The number of benzene rings is 1. The zero-order valence-corrected chi connectivity index (χ0v) is 18.3. The summed E-state index contributed by atoms with van der Waals surface area (Å²) in [4.78, 5) is 37.9. The predicted molar refractivity (Wildman–Crippen MR) is 122 cm³/mol. The van der Waals surface area contributed by atoms with E-state index in [-0.39, 0.29) is 23.8 Å². The van der Waals surface area contributed by atoms with Crippen LogP contribution >= 0.6 is 11.6 Å². The molecule has 0 atom stereocenters. The van der Waals surface area contributed by atoms with E-state index < -0.39 is 0 Å². The summed E-state index contributed by atoms with van der Waals surface area (Å²) in [6.07, 6.45) is 3.23. The van der Waals surface area contributed by atoms with Crippen molar-refractivity contribution in [1.82, 2.24) is 14.9 Å². The fourth-order valence-electron chi connectivity index (χ4n) is 3.82. The number of aromatic nitrogens is 2. The highest BCUT2D eigenvalue weighted by Crippen LogP contribution is 2.33. The summed E-state index contributed by atoms with van der Waals surface area (Å²) in [7, 11) is 0. The summed E-state index contributed by atoms with van der Waals surface area (Å²) in [5.74, 6) is 1.39. The molecule has 1 aromatic carbocycles. The third kappa shape index (κ3) is 4.27. The van der Waals surface area contributed by atoms with E-state index in [2.05, 4.69) is 15.3 Å². The molecule has 0 aliphatic carbocycles. The molecular formula is C23H20ClN5O4. The van der Waals surface area contributed by atoms with Gasteiger partial charge in [-0.25, -0.2) is 9.97 Å². The lowest BCUT2D eigenvalue weighted by atomic mass is 10.2. The Kier molecular flexibility index (Phi) is 5.70. The summed E-state index contributed by atoms with van der Waals surface area (Å²) in [5.41, 5.74) is 1.44. The van der Waals surface area contributed by atoms with Gasteiger partial charge < -0.3 is 24.6 Å². The molecule has 9 nitrogen and oxygen atoms in total. The monoisotopic (exact) mass is 465 g/mol. The van der Waals surface area contributed by atoms with Crippen LogP contribution in [-0.4, -0.2) is 59.7 Å². The number of nitrogens with zero attached hydrogens (tertiary/aromatic N) is 4. The first kappa shape index (κ1) is 21.0. The number of amides is 2. The second kappa shape index (κ2) is 8.95. The van der Waals surface area contributed by atoms with Crippen molar-refractivity contribution >= 4 is 34.9 Å². The van der Waals surface area contributed by atoms with Gasteiger partial charge in [-0.15, -0.1) is 0 Å². The van der Waals surface area contributed by atoms with Gasteiger partial charge in [-0.3, -0.25) is 9.59 Å². The molecule has 0 spiro atoms. The standard InChI is InChI=1S/C23H20ClN5O4/c24-20-16(3-1-7-25-20)23(31)29-11-9-28(10-12-29)21-17(4-2-8-26-21)27-22(30)15-5-6-18-19(13-15)33-14-32-18/h1-8,13H,9-12,14H2,(H,27,30). The molecule has 0 radical (unpaired) electrons. The van der Waals surface area contributed by atoms with Crippen LogP contribution in [-0.2, 0) is 0 Å². The summed E-state index contributed by atoms with van der Waals surface area (Å²) in [5, 5.41) is 3.13. The number of hydrogen-bond acceptors (Lipinski definition) is 7. The Balaban J connectivity index is 1.27. The molecule has 2 aliphatic heterocycles. The third-order valence-corrected chi connectivity index (χ3v) is 5.83. The molecule has 0 saturated carbocycles. The van der Waals surface area contributed by atoms with Crippen molar-refractivity contribution in [2.45, 2.75) is 0 Å². The van der Waals surface area contributed by atoms with Gasteiger partial charge in [-0.05, 0) is 42.5 Å². The number of pyridine rings is 2. The molecule has 2 aliphatic rings. The molecule has 1 N–H and O–H groups in total. The Bertz CT molecular complexity index is 1210. The number of carbonyl (C=O) groups excluding carboxylic acids is 2. The first-order valence-corrected chi connectivity index (χ1v) is 10.8. The van der Waals surface area contributed by atoms with E-state index in [1.807, 2.05) is 4.90 Å². The Morgan fingerprint density at radius 3 is 2.52 bits per heavy atom. The molecule has 3 aromatic rings. The van der Waals surface area contributed by atoms with E-state index in [4.69, 9.17) is 21.1 Å². The van der Waals surface area contributed by atoms with Crippen LogP contribution < -0.4 is 19.7 Å². The van der Waals surface area contributed by atoms with Gasteiger partial charge in [0.25, 0.3) is 11.8 Å². The molecule has 4 heterocycles. The SMILES string of the molecule is O=C(Nc1cccnc1N1CCN(C(=O)c2cccnc2Cl)CC1)c1ccc2c(c1)OCO2. The molecule has 168 valence electrons. The summed E-state index contributed by atoms with van der Waals surface area (Å²) in [6.45, 7) is 2.27. The minimum Gasteiger partial charge on any atom is -0.454 e. The lowest BCUT2D eigenvalue weighted by Crippen LogP contribution is -2.49. The van der Waals surface area contributed by atoms with Crippen molar-refractivity contribution in [2.75, 3.05) is 43.2 Å². The van der Waals surface area contributed by atoms with Crippen LogP contribution in [0.4, 0.5) is 11.5 Å². The van der Waals surface area contributed by atoms with E-state index in [0.717, 1.165) is 0 Å². The molecule has 1 saturated heterocycles. The fraction of sp³-hybridized carbons (Fsp3) is 0.217. The van der Waals surface area contributed by atoms with Crippen LogP contribution in [0.3, 0.4) is 0 Å². The largest absolute Gasteiger partial charge is 0.454 e. The number of carbonyl (C=O) groups is 2. The zero-order chi connectivity index (χ0) is 22.8. The normalized spacial score (nSPS) is 14.8. The van der Waals surface area contributed by atoms with Gasteiger partial charge in [0, 0.05) is 44.1 Å². The number of halogens is 1. The fourth-order valence-corrected chi connectivity index (χ4v) is 4.02. The second-order valence-corrected chi connectivity index (χ2v) is 7.88. The average molecular weight is 466 g/mol. The maximum Gasteiger partial charge on any atom is 0.257 e. The summed E-state index contributed by atoms with van der Waals surface area (Å²) >= 11 is 6.08. The van der Waals surface area contributed by atoms with Gasteiger partial charge in [-0.1, -0.05) is 11.6 Å². The molecule has 2 aromatic heterocycles. The minimum atomic E-state index is -0.275. The maximum absolute atomic E-state index is 12.9. The van der Waals surface area contributed by atoms with Crippen LogP contribution in [0, 0.1) is 0 Å². The topological polar surface area (TPSA) is 96.9 Å². The van der Waals surface area contributed by atoms with E-state index in [1.165, 1.54) is 0 Å². The van der Waals surface area contributed by atoms with Gasteiger partial charge in [0.1, 0.15) is 5.15 Å². The zero-order valence-electron chi connectivity index (χ0n) is 17.5. The van der Waals surface area contributed by atoms with Crippen molar-refractivity contribution < 1.29 is 19.1 Å². The molecule has 1 fully saturated rings. The van der Waals surface area contributed by atoms with Gasteiger partial charge in [0.05, 0.1) is 11.3 Å². The van der Waals surface area contributed by atoms with Crippen molar-refractivity contribution in [3.63, 3.8) is 0 Å². The molecule has 5 rings (SSSR count). The molecular weight excluding hydrogens is 446 g/mol. The van der Waals surface area contributed by atoms with Crippen LogP contribution in [0.2, 0.25) is 5.15 Å². The van der Waals surface area contributed by atoms with E-state index >= 15 is 0 Å². The van der Waals surface area contributed by atoms with E-state index in [0.29, 0.717) is 60.3 Å². The van der Waals surface area contributed by atoms with E-state index in [9.17, 15) is 9.59 Å². The van der Waals surface area contributed by atoms with Crippen LogP contribution in [0.15, 0.2) is 54.9 Å². The number of anilines is 2. The van der Waals surface area contributed by atoms with Crippen molar-refractivity contribution in [3.05, 3.63) is 71.1 Å². The van der Waals surface area contributed by atoms with Crippen LogP contribution in [0.1, 0.15) is 20.7 Å². The Morgan fingerprint density at radius 1 is 0.939 bits per heavy atom. The van der Waals surface area contributed by atoms with Crippen molar-refractivity contribution in [1.29, 1.82) is 0 Å². The smallest absolute Gasteiger partial charge is 0.257 e. The Hall–Kier alpha value is -3.85. The number of piperazine rings is 1. The first-order valence-electron chi connectivity index (χ1n) is 10.4. The minimum absolute atomic E-state index is 0.147. The number of hydrogen-bond donors (Lipinski definition) is 1. The predicted octanol–water partition coefficient (Wildman–Crippen LogP) is 3.07. The van der Waals surface area contributed by atoms with Crippen molar-refractivity contribution in [2.24, 2.45) is 0 Å². The average Bonchev–Trinajstić information content (AvgIpc) is 3.32. The van der Waals surface area contributed by atoms with Crippen molar-refractivity contribution in [3.8, 4) is 11.5 Å². The van der Waals surface area contributed by atoms with E-state index in [1.54, 1.807) is 59.8 Å². The second-order valence-electron chi connectivity index (χ2n) is 7.52. The van der Waals surface area contributed by atoms with Gasteiger partial charge >= 0.3 is 0 Å². The lowest BCUT2D eigenvalue weighted by molar-refractivity contribution is 0.0746. The highest BCUT2D eigenvalue weighted by molar-refractivity contribution is 6.32. The molecule has 0 bridgehead atoms. The third-order valence-electron chi connectivity index (χ3n) is 5.53. The molecule has 0 unspecified atom stereocenters. The molecule has 33 heavy (non-hydrogen) atoms.